The number of likely N-dealkylation sites (N-methyl/N-ethyl adjacent to an activating group) is 1. The molecule has 3 amide bonds. The zero-order valence-corrected chi connectivity index (χ0v) is 20.8. The molecule has 0 aliphatic carbocycles. The van der Waals surface area contributed by atoms with Gasteiger partial charge in [-0.3, -0.25) is 4.79 Å². The first-order chi connectivity index (χ1) is 16.3. The van der Waals surface area contributed by atoms with E-state index in [4.69, 9.17) is 32.7 Å². The number of nitrogens with zero attached hydrogens (tertiary/aromatic N) is 3. The van der Waals surface area contributed by atoms with Crippen LogP contribution in [0.15, 0.2) is 18.2 Å². The fourth-order valence-electron chi connectivity index (χ4n) is 4.78. The number of piperazine rings is 1. The van der Waals surface area contributed by atoms with Crippen molar-refractivity contribution < 1.29 is 24.2 Å². The van der Waals surface area contributed by atoms with Crippen LogP contribution in [0.2, 0.25) is 10.0 Å². The molecular weight excluding hydrogens is 483 g/mol. The van der Waals surface area contributed by atoms with E-state index < -0.39 is 6.10 Å². The second-order valence-electron chi connectivity index (χ2n) is 9.26. The SMILES string of the molecule is CN1CCN(C(=O)C[C@@H]2CC[C@@H]3[C@H](COC[C@@H](O)CN3C(=O)Nc3cc(Cl)cc(Cl)c3)O2)CC1. The highest BCUT2D eigenvalue weighted by atomic mass is 35.5. The Kier molecular flexibility index (Phi) is 8.55. The summed E-state index contributed by atoms with van der Waals surface area (Å²) in [5, 5.41) is 14.0. The Morgan fingerprint density at radius 3 is 2.50 bits per heavy atom. The van der Waals surface area contributed by atoms with E-state index in [1.165, 1.54) is 0 Å². The van der Waals surface area contributed by atoms with Crippen LogP contribution in [0.5, 0.6) is 0 Å². The number of hydrogen-bond donors (Lipinski definition) is 2. The molecule has 188 valence electrons. The van der Waals surface area contributed by atoms with Crippen molar-refractivity contribution in [2.75, 3.05) is 58.3 Å². The van der Waals surface area contributed by atoms with Gasteiger partial charge in [-0.15, -0.1) is 0 Å². The van der Waals surface area contributed by atoms with Gasteiger partial charge in [0.25, 0.3) is 0 Å². The zero-order valence-electron chi connectivity index (χ0n) is 19.3. The van der Waals surface area contributed by atoms with Crippen LogP contribution in [0.4, 0.5) is 10.5 Å². The number of benzene rings is 1. The number of β-amino-alcohol motifs (C(OH)–C–C–N with tert-alkyl or cyclic N) is 1. The second-order valence-corrected chi connectivity index (χ2v) is 10.1. The van der Waals surface area contributed by atoms with Crippen LogP contribution in [-0.4, -0.2) is 109 Å². The Balaban J connectivity index is 1.41. The van der Waals surface area contributed by atoms with Crippen molar-refractivity contribution in [3.63, 3.8) is 0 Å². The molecule has 4 rings (SSSR count). The van der Waals surface area contributed by atoms with Crippen LogP contribution in [0.3, 0.4) is 0 Å². The number of amides is 3. The number of hydrogen-bond acceptors (Lipinski definition) is 6. The average Bonchev–Trinajstić information content (AvgIpc) is 2.76. The van der Waals surface area contributed by atoms with Gasteiger partial charge in [0.15, 0.2) is 0 Å². The van der Waals surface area contributed by atoms with Crippen molar-refractivity contribution in [1.29, 1.82) is 0 Å². The van der Waals surface area contributed by atoms with Gasteiger partial charge in [0.1, 0.15) is 6.10 Å². The molecule has 2 N–H and O–H groups in total. The quantitative estimate of drug-likeness (QED) is 0.642. The molecule has 3 aliphatic heterocycles. The summed E-state index contributed by atoms with van der Waals surface area (Å²) in [5.74, 6) is 0.103. The maximum atomic E-state index is 13.2. The van der Waals surface area contributed by atoms with E-state index in [0.717, 1.165) is 26.2 Å². The molecule has 3 fully saturated rings. The van der Waals surface area contributed by atoms with Gasteiger partial charge in [0.05, 0.1) is 44.4 Å². The molecule has 0 aromatic heterocycles. The third kappa shape index (κ3) is 6.53. The highest BCUT2D eigenvalue weighted by Crippen LogP contribution is 2.29. The molecule has 11 heteroatoms. The van der Waals surface area contributed by atoms with Crippen molar-refractivity contribution in [1.82, 2.24) is 14.7 Å². The van der Waals surface area contributed by atoms with Crippen molar-refractivity contribution in [2.45, 2.75) is 43.6 Å². The Morgan fingerprint density at radius 1 is 1.09 bits per heavy atom. The average molecular weight is 515 g/mol. The normalized spacial score (nSPS) is 28.6. The number of nitrogens with one attached hydrogen (secondary N) is 1. The van der Waals surface area contributed by atoms with E-state index in [9.17, 15) is 14.7 Å². The number of aliphatic hydroxyl groups is 1. The maximum Gasteiger partial charge on any atom is 0.322 e. The Hall–Kier alpha value is -1.62. The molecule has 0 saturated carbocycles. The van der Waals surface area contributed by atoms with Crippen molar-refractivity contribution in [3.8, 4) is 0 Å². The van der Waals surface area contributed by atoms with Crippen molar-refractivity contribution in [2.24, 2.45) is 0 Å². The number of rotatable bonds is 3. The highest BCUT2D eigenvalue weighted by molar-refractivity contribution is 6.35. The molecule has 3 heterocycles. The molecule has 34 heavy (non-hydrogen) atoms. The third-order valence-corrected chi connectivity index (χ3v) is 7.05. The van der Waals surface area contributed by atoms with E-state index in [2.05, 4.69) is 17.3 Å². The fourth-order valence-corrected chi connectivity index (χ4v) is 5.30. The lowest BCUT2D eigenvalue weighted by atomic mass is 9.94. The summed E-state index contributed by atoms with van der Waals surface area (Å²) in [6, 6.07) is 4.15. The van der Waals surface area contributed by atoms with Crippen LogP contribution >= 0.6 is 23.2 Å². The Labute approximate surface area is 209 Å². The smallest absolute Gasteiger partial charge is 0.322 e. The van der Waals surface area contributed by atoms with Gasteiger partial charge in [0, 0.05) is 41.9 Å². The minimum Gasteiger partial charge on any atom is -0.389 e. The topological polar surface area (TPSA) is 94.6 Å². The number of fused-ring (bicyclic) bond motifs is 1. The van der Waals surface area contributed by atoms with E-state index in [1.807, 2.05) is 4.90 Å². The number of carbonyl (C=O) groups is 2. The first-order valence-corrected chi connectivity index (χ1v) is 12.5. The minimum atomic E-state index is -0.814. The Morgan fingerprint density at radius 2 is 1.79 bits per heavy atom. The summed E-state index contributed by atoms with van der Waals surface area (Å²) in [4.78, 5) is 31.7. The third-order valence-electron chi connectivity index (χ3n) is 6.61. The number of urea groups is 1. The summed E-state index contributed by atoms with van der Waals surface area (Å²) < 4.78 is 11.9. The fraction of sp³-hybridized carbons (Fsp3) is 0.652. The molecule has 0 unspecified atom stereocenters. The summed E-state index contributed by atoms with van der Waals surface area (Å²) in [6.45, 7) is 3.67. The van der Waals surface area contributed by atoms with Gasteiger partial charge in [-0.05, 0) is 38.1 Å². The molecule has 0 bridgehead atoms. The van der Waals surface area contributed by atoms with Gasteiger partial charge in [-0.25, -0.2) is 4.79 Å². The summed E-state index contributed by atoms with van der Waals surface area (Å²) in [6.07, 6.45) is 0.182. The lowest BCUT2D eigenvalue weighted by Crippen LogP contribution is -2.58. The van der Waals surface area contributed by atoms with Gasteiger partial charge < -0.3 is 34.6 Å². The second kappa shape index (κ2) is 11.4. The van der Waals surface area contributed by atoms with Gasteiger partial charge in [-0.1, -0.05) is 23.2 Å². The molecular formula is C23H32Cl2N4O5. The summed E-state index contributed by atoms with van der Waals surface area (Å²) in [7, 11) is 2.06. The summed E-state index contributed by atoms with van der Waals surface area (Å²) >= 11 is 12.1. The van der Waals surface area contributed by atoms with E-state index in [1.54, 1.807) is 23.1 Å². The molecule has 0 spiro atoms. The van der Waals surface area contributed by atoms with Crippen LogP contribution in [-0.2, 0) is 14.3 Å². The Bertz CT molecular complexity index is 863. The van der Waals surface area contributed by atoms with Crippen LogP contribution in [0, 0.1) is 0 Å². The lowest BCUT2D eigenvalue weighted by molar-refractivity contribution is -0.155. The number of halogens is 2. The predicted octanol–water partition coefficient (Wildman–Crippen LogP) is 2.30. The predicted molar refractivity (Wildman–Crippen MR) is 129 cm³/mol. The molecule has 3 saturated heterocycles. The van der Waals surface area contributed by atoms with Gasteiger partial charge in [0.2, 0.25) is 5.91 Å². The number of carbonyl (C=O) groups excluding carboxylic acids is 2. The van der Waals surface area contributed by atoms with Crippen LogP contribution < -0.4 is 5.32 Å². The molecule has 0 radical (unpaired) electrons. The van der Waals surface area contributed by atoms with Crippen molar-refractivity contribution in [3.05, 3.63) is 28.2 Å². The zero-order chi connectivity index (χ0) is 24.2. The first-order valence-electron chi connectivity index (χ1n) is 11.7. The van der Waals surface area contributed by atoms with Gasteiger partial charge in [-0.2, -0.15) is 0 Å². The number of anilines is 1. The maximum absolute atomic E-state index is 13.2. The largest absolute Gasteiger partial charge is 0.389 e. The van der Waals surface area contributed by atoms with E-state index in [-0.39, 0.29) is 49.9 Å². The molecule has 1 aromatic carbocycles. The van der Waals surface area contributed by atoms with Gasteiger partial charge >= 0.3 is 6.03 Å². The van der Waals surface area contributed by atoms with Crippen molar-refractivity contribution >= 4 is 40.8 Å². The lowest BCUT2D eigenvalue weighted by Gasteiger charge is -2.44. The number of aliphatic hydroxyl groups excluding tert-OH is 1. The first kappa shape index (κ1) is 25.5. The van der Waals surface area contributed by atoms with E-state index >= 15 is 0 Å². The summed E-state index contributed by atoms with van der Waals surface area (Å²) in [5.41, 5.74) is 0.472. The number of ether oxygens (including phenoxy) is 2. The highest BCUT2D eigenvalue weighted by Gasteiger charge is 2.40. The molecule has 4 atom stereocenters. The molecule has 1 aromatic rings. The standard InChI is InChI=1S/C23H32Cl2N4O5/c1-27-4-6-28(7-5-27)22(31)11-19-2-3-20-21(34-19)14-33-13-18(30)12-29(20)23(32)26-17-9-15(24)8-16(25)10-17/h8-10,18-21,30H,2-7,11-14H2,1H3,(H,26,32)/t18-,19-,20+,21-/m0/s1. The minimum absolute atomic E-state index is 0.101. The molecule has 3 aliphatic rings. The monoisotopic (exact) mass is 514 g/mol. The van der Waals surface area contributed by atoms with Crippen LogP contribution in [0.25, 0.3) is 0 Å². The molecule has 9 nitrogen and oxygen atoms in total. The van der Waals surface area contributed by atoms with Crippen LogP contribution in [0.1, 0.15) is 19.3 Å². The van der Waals surface area contributed by atoms with E-state index in [0.29, 0.717) is 35.0 Å².